The monoisotopic (exact) mass is 172 g/mol. The second-order valence-electron chi connectivity index (χ2n) is 3.38. The third-order valence-electron chi connectivity index (χ3n) is 2.49. The molecular formula is C11H12N2. The summed E-state index contributed by atoms with van der Waals surface area (Å²) in [5.74, 6) is 0. The molecule has 1 aromatic rings. The molecule has 1 N–H and O–H groups in total. The summed E-state index contributed by atoms with van der Waals surface area (Å²) >= 11 is 0. The summed E-state index contributed by atoms with van der Waals surface area (Å²) in [7, 11) is 0. The van der Waals surface area contributed by atoms with Crippen molar-refractivity contribution in [1.29, 1.82) is 5.26 Å². The third kappa shape index (κ3) is 1.38. The van der Waals surface area contributed by atoms with E-state index < -0.39 is 0 Å². The minimum atomic E-state index is -0.0258. The first-order chi connectivity index (χ1) is 6.33. The Bertz CT molecular complexity index is 363. The summed E-state index contributed by atoms with van der Waals surface area (Å²) in [5.41, 5.74) is 3.74. The molecule has 66 valence electrons. The molecule has 1 aliphatic heterocycles. The van der Waals surface area contributed by atoms with Crippen LogP contribution in [0, 0.1) is 11.3 Å². The molecule has 1 aromatic carbocycles. The average molecular weight is 172 g/mol. The van der Waals surface area contributed by atoms with Crippen LogP contribution in [-0.2, 0) is 12.8 Å². The smallest absolute Gasteiger partial charge is 0.118 e. The highest BCUT2D eigenvalue weighted by Crippen LogP contribution is 2.26. The molecule has 1 aliphatic rings. The summed E-state index contributed by atoms with van der Waals surface area (Å²) < 4.78 is 0. The Morgan fingerprint density at radius 3 is 3.15 bits per heavy atom. The lowest BCUT2D eigenvalue weighted by molar-refractivity contribution is 0.937. The largest absolute Gasteiger partial charge is 0.369 e. The van der Waals surface area contributed by atoms with Gasteiger partial charge in [-0.25, -0.2) is 0 Å². The van der Waals surface area contributed by atoms with Crippen LogP contribution in [0.5, 0.6) is 0 Å². The summed E-state index contributed by atoms with van der Waals surface area (Å²) in [6.07, 6.45) is 1.89. The van der Waals surface area contributed by atoms with Crippen molar-refractivity contribution in [2.24, 2.45) is 0 Å². The van der Waals surface area contributed by atoms with E-state index in [2.05, 4.69) is 36.5 Å². The van der Waals surface area contributed by atoms with Crippen LogP contribution in [0.3, 0.4) is 0 Å². The maximum absolute atomic E-state index is 8.75. The molecule has 1 unspecified atom stereocenters. The van der Waals surface area contributed by atoms with Crippen LogP contribution >= 0.6 is 0 Å². The van der Waals surface area contributed by atoms with E-state index in [4.69, 9.17) is 5.26 Å². The minimum Gasteiger partial charge on any atom is -0.369 e. The van der Waals surface area contributed by atoms with Gasteiger partial charge in [-0.15, -0.1) is 0 Å². The number of fused-ring (bicyclic) bond motifs is 1. The van der Waals surface area contributed by atoms with Gasteiger partial charge in [0.05, 0.1) is 6.07 Å². The molecule has 13 heavy (non-hydrogen) atoms. The van der Waals surface area contributed by atoms with Gasteiger partial charge in [0.2, 0.25) is 0 Å². The van der Waals surface area contributed by atoms with Crippen LogP contribution in [0.4, 0.5) is 5.69 Å². The predicted octanol–water partition coefficient (Wildman–Crippen LogP) is 2.11. The van der Waals surface area contributed by atoms with Crippen LogP contribution in [-0.4, -0.2) is 6.04 Å². The Labute approximate surface area is 78.2 Å². The number of nitriles is 1. The molecule has 0 radical (unpaired) electrons. The van der Waals surface area contributed by atoms with E-state index in [9.17, 15) is 0 Å². The fraction of sp³-hybridized carbons (Fsp3) is 0.364. The first kappa shape index (κ1) is 8.12. The lowest BCUT2D eigenvalue weighted by Crippen LogP contribution is -2.11. The average Bonchev–Trinajstić information content (AvgIpc) is 2.58. The molecule has 0 saturated carbocycles. The van der Waals surface area contributed by atoms with Crippen LogP contribution in [0.15, 0.2) is 18.2 Å². The molecule has 2 rings (SSSR count). The van der Waals surface area contributed by atoms with Gasteiger partial charge < -0.3 is 5.32 Å². The Balaban J connectivity index is 2.32. The number of nitrogens with zero attached hydrogens (tertiary/aromatic N) is 1. The highest BCUT2D eigenvalue weighted by atomic mass is 14.9. The Kier molecular flexibility index (Phi) is 1.94. The normalized spacial score (nSPS) is 18.9. The van der Waals surface area contributed by atoms with E-state index >= 15 is 0 Å². The van der Waals surface area contributed by atoms with E-state index in [0.29, 0.717) is 0 Å². The third-order valence-corrected chi connectivity index (χ3v) is 2.49. The number of hydrogen-bond acceptors (Lipinski definition) is 2. The van der Waals surface area contributed by atoms with Gasteiger partial charge in [-0.05, 0) is 23.6 Å². The van der Waals surface area contributed by atoms with Crippen LogP contribution in [0.25, 0.3) is 0 Å². The molecule has 0 spiro atoms. The zero-order valence-corrected chi connectivity index (χ0v) is 7.67. The molecule has 1 atom stereocenters. The molecule has 0 aromatic heterocycles. The van der Waals surface area contributed by atoms with Gasteiger partial charge in [0, 0.05) is 12.1 Å². The number of benzene rings is 1. The van der Waals surface area contributed by atoms with E-state index in [-0.39, 0.29) is 6.04 Å². The molecule has 0 amide bonds. The molecule has 2 heteroatoms. The van der Waals surface area contributed by atoms with Crippen molar-refractivity contribution in [3.63, 3.8) is 0 Å². The standard InChI is InChI=1S/C11H12N2/c1-2-8-3-4-9-6-10(7-12)13-11(9)5-8/h3-5,10,13H,2,6H2,1H3. The summed E-state index contributed by atoms with van der Waals surface area (Å²) in [5, 5.41) is 11.9. The maximum Gasteiger partial charge on any atom is 0.118 e. The van der Waals surface area contributed by atoms with Crippen molar-refractivity contribution in [2.75, 3.05) is 5.32 Å². The molecule has 0 aliphatic carbocycles. The van der Waals surface area contributed by atoms with Crippen molar-refractivity contribution in [3.8, 4) is 6.07 Å². The summed E-state index contributed by atoms with van der Waals surface area (Å²) in [4.78, 5) is 0. The van der Waals surface area contributed by atoms with Gasteiger partial charge in [-0.2, -0.15) is 5.26 Å². The van der Waals surface area contributed by atoms with Crippen molar-refractivity contribution < 1.29 is 0 Å². The molecule has 0 bridgehead atoms. The predicted molar refractivity (Wildman–Crippen MR) is 52.5 cm³/mol. The van der Waals surface area contributed by atoms with Crippen molar-refractivity contribution in [3.05, 3.63) is 29.3 Å². The maximum atomic E-state index is 8.75. The second-order valence-corrected chi connectivity index (χ2v) is 3.38. The van der Waals surface area contributed by atoms with Gasteiger partial charge in [-0.1, -0.05) is 19.1 Å². The van der Waals surface area contributed by atoms with Crippen molar-refractivity contribution in [1.82, 2.24) is 0 Å². The summed E-state index contributed by atoms with van der Waals surface area (Å²) in [6.45, 7) is 2.14. The van der Waals surface area contributed by atoms with Gasteiger partial charge in [0.1, 0.15) is 6.04 Å². The Morgan fingerprint density at radius 2 is 2.46 bits per heavy atom. The number of anilines is 1. The highest BCUT2D eigenvalue weighted by molar-refractivity contribution is 5.59. The number of rotatable bonds is 1. The minimum absolute atomic E-state index is 0.0258. The van der Waals surface area contributed by atoms with E-state index in [1.807, 2.05) is 0 Å². The Hall–Kier alpha value is -1.49. The molecular weight excluding hydrogens is 160 g/mol. The first-order valence-electron chi connectivity index (χ1n) is 4.61. The molecule has 0 saturated heterocycles. The van der Waals surface area contributed by atoms with E-state index in [1.54, 1.807) is 0 Å². The highest BCUT2D eigenvalue weighted by Gasteiger charge is 2.19. The van der Waals surface area contributed by atoms with E-state index in [1.165, 1.54) is 11.1 Å². The fourth-order valence-corrected chi connectivity index (χ4v) is 1.69. The van der Waals surface area contributed by atoms with Crippen molar-refractivity contribution >= 4 is 5.69 Å². The second kappa shape index (κ2) is 3.10. The zero-order valence-electron chi connectivity index (χ0n) is 7.67. The SMILES string of the molecule is CCc1ccc2c(c1)NC(C#N)C2. The lowest BCUT2D eigenvalue weighted by atomic mass is 10.1. The van der Waals surface area contributed by atoms with Gasteiger partial charge in [-0.3, -0.25) is 0 Å². The zero-order chi connectivity index (χ0) is 9.26. The number of nitrogens with one attached hydrogen (secondary N) is 1. The number of aryl methyl sites for hydroxylation is 1. The van der Waals surface area contributed by atoms with E-state index in [0.717, 1.165) is 18.5 Å². The van der Waals surface area contributed by atoms with Crippen LogP contribution in [0.1, 0.15) is 18.1 Å². The summed E-state index contributed by atoms with van der Waals surface area (Å²) in [6, 6.07) is 8.62. The molecule has 2 nitrogen and oxygen atoms in total. The van der Waals surface area contributed by atoms with Gasteiger partial charge in [0.15, 0.2) is 0 Å². The van der Waals surface area contributed by atoms with Crippen LogP contribution in [0.2, 0.25) is 0 Å². The lowest BCUT2D eigenvalue weighted by Gasteiger charge is -2.02. The Morgan fingerprint density at radius 1 is 1.62 bits per heavy atom. The van der Waals surface area contributed by atoms with Crippen molar-refractivity contribution in [2.45, 2.75) is 25.8 Å². The van der Waals surface area contributed by atoms with Gasteiger partial charge >= 0.3 is 0 Å². The topological polar surface area (TPSA) is 35.8 Å². The van der Waals surface area contributed by atoms with Crippen LogP contribution < -0.4 is 5.32 Å². The quantitative estimate of drug-likeness (QED) is 0.704. The molecule has 0 fully saturated rings. The molecule has 1 heterocycles. The van der Waals surface area contributed by atoms with Gasteiger partial charge in [0.25, 0.3) is 0 Å². The number of hydrogen-bond donors (Lipinski definition) is 1. The fourth-order valence-electron chi connectivity index (χ4n) is 1.69. The first-order valence-corrected chi connectivity index (χ1v) is 4.61.